The topological polar surface area (TPSA) is 64.4 Å². The number of hydrogen-bond donors (Lipinski definition) is 1. The zero-order valence-electron chi connectivity index (χ0n) is 9.07. The summed E-state index contributed by atoms with van der Waals surface area (Å²) in [5, 5.41) is 13.4. The summed E-state index contributed by atoms with van der Waals surface area (Å²) in [7, 11) is 1.53. The Balaban J connectivity index is 2.84. The van der Waals surface area contributed by atoms with E-state index in [4.69, 9.17) is 4.74 Å². The van der Waals surface area contributed by atoms with E-state index < -0.39 is 10.7 Å². The van der Waals surface area contributed by atoms with Crippen LogP contribution in [0.25, 0.3) is 0 Å². The van der Waals surface area contributed by atoms with Crippen molar-refractivity contribution in [2.24, 2.45) is 0 Å². The minimum atomic E-state index is -0.556. The highest BCUT2D eigenvalue weighted by molar-refractivity contribution is 5.61. The van der Waals surface area contributed by atoms with Gasteiger partial charge in [0, 0.05) is 25.8 Å². The van der Waals surface area contributed by atoms with Crippen molar-refractivity contribution in [1.82, 2.24) is 0 Å². The van der Waals surface area contributed by atoms with Gasteiger partial charge in [0.25, 0.3) is 5.69 Å². The molecule has 0 saturated carbocycles. The van der Waals surface area contributed by atoms with Crippen molar-refractivity contribution in [2.45, 2.75) is 13.0 Å². The molecule has 5 nitrogen and oxygen atoms in total. The van der Waals surface area contributed by atoms with Crippen LogP contribution in [0.15, 0.2) is 18.2 Å². The minimum absolute atomic E-state index is 0.108. The smallest absolute Gasteiger partial charge is 0.292 e. The highest BCUT2D eigenvalue weighted by Gasteiger charge is 2.14. The molecule has 88 valence electrons. The molecule has 0 aromatic heterocycles. The van der Waals surface area contributed by atoms with Crippen LogP contribution >= 0.6 is 0 Å². The molecule has 1 aromatic carbocycles. The van der Waals surface area contributed by atoms with Gasteiger partial charge in [-0.05, 0) is 13.0 Å². The van der Waals surface area contributed by atoms with Gasteiger partial charge in [0.1, 0.15) is 11.5 Å². The number of hydrogen-bond acceptors (Lipinski definition) is 4. The van der Waals surface area contributed by atoms with Crippen molar-refractivity contribution in [1.29, 1.82) is 0 Å². The van der Waals surface area contributed by atoms with Crippen LogP contribution in [0.4, 0.5) is 15.8 Å². The van der Waals surface area contributed by atoms with Crippen molar-refractivity contribution < 1.29 is 14.1 Å². The molecule has 0 radical (unpaired) electrons. The molecular formula is C10H13FN2O3. The number of nitro groups is 1. The molecule has 16 heavy (non-hydrogen) atoms. The fraction of sp³-hybridized carbons (Fsp3) is 0.400. The number of halogens is 1. The first-order chi connectivity index (χ1) is 7.54. The lowest BCUT2D eigenvalue weighted by Crippen LogP contribution is -2.18. The highest BCUT2D eigenvalue weighted by Crippen LogP contribution is 2.24. The van der Waals surface area contributed by atoms with Gasteiger partial charge in [-0.15, -0.1) is 0 Å². The Bertz CT molecular complexity index is 384. The van der Waals surface area contributed by atoms with Gasteiger partial charge in [-0.3, -0.25) is 10.1 Å². The number of nitrogens with one attached hydrogen (secondary N) is 1. The summed E-state index contributed by atoms with van der Waals surface area (Å²) in [4.78, 5) is 10.1. The molecule has 1 unspecified atom stereocenters. The van der Waals surface area contributed by atoms with Crippen LogP contribution < -0.4 is 5.32 Å². The van der Waals surface area contributed by atoms with Crippen LogP contribution in [-0.2, 0) is 4.74 Å². The monoisotopic (exact) mass is 228 g/mol. The number of rotatable bonds is 5. The fourth-order valence-corrected chi connectivity index (χ4v) is 1.15. The summed E-state index contributed by atoms with van der Waals surface area (Å²) >= 11 is 0. The van der Waals surface area contributed by atoms with Gasteiger partial charge in [-0.1, -0.05) is 0 Å². The Labute approximate surface area is 92.4 Å². The second-order valence-corrected chi connectivity index (χ2v) is 3.35. The Morgan fingerprint density at radius 1 is 1.62 bits per heavy atom. The summed E-state index contributed by atoms with van der Waals surface area (Å²) in [6.45, 7) is 2.18. The Kier molecular flexibility index (Phi) is 4.19. The van der Waals surface area contributed by atoms with Crippen molar-refractivity contribution in [3.05, 3.63) is 34.1 Å². The van der Waals surface area contributed by atoms with Crippen molar-refractivity contribution in [3.8, 4) is 0 Å². The Morgan fingerprint density at radius 2 is 2.31 bits per heavy atom. The number of nitrogens with zero attached hydrogens (tertiary/aromatic N) is 1. The molecule has 0 bridgehead atoms. The fourth-order valence-electron chi connectivity index (χ4n) is 1.15. The van der Waals surface area contributed by atoms with Crippen LogP contribution in [-0.4, -0.2) is 24.7 Å². The molecule has 1 atom stereocenters. The van der Waals surface area contributed by atoms with Gasteiger partial charge < -0.3 is 10.1 Å². The molecule has 0 fully saturated rings. The average Bonchev–Trinajstić information content (AvgIpc) is 2.25. The standard InChI is InChI=1S/C10H13FN2O3/c1-7(16-2)6-12-9-5-8(11)3-4-10(9)13(14)15/h3-5,7,12H,6H2,1-2H3. The molecule has 1 rings (SSSR count). The van der Waals surface area contributed by atoms with Gasteiger partial charge in [0.05, 0.1) is 11.0 Å². The van der Waals surface area contributed by atoms with Gasteiger partial charge in [0.15, 0.2) is 0 Å². The third kappa shape index (κ3) is 3.16. The third-order valence-electron chi connectivity index (χ3n) is 2.14. The Morgan fingerprint density at radius 3 is 2.88 bits per heavy atom. The molecule has 0 aliphatic rings. The van der Waals surface area contributed by atoms with Crippen LogP contribution in [0, 0.1) is 15.9 Å². The van der Waals surface area contributed by atoms with E-state index in [1.54, 1.807) is 6.92 Å². The molecule has 6 heteroatoms. The SMILES string of the molecule is COC(C)CNc1cc(F)ccc1[N+](=O)[O-]. The van der Waals surface area contributed by atoms with Crippen molar-refractivity contribution >= 4 is 11.4 Å². The summed E-state index contributed by atoms with van der Waals surface area (Å²) in [6.07, 6.45) is -0.108. The summed E-state index contributed by atoms with van der Waals surface area (Å²) < 4.78 is 17.9. The predicted octanol–water partition coefficient (Wildman–Crippen LogP) is 2.18. The van der Waals surface area contributed by atoms with Gasteiger partial charge in [-0.2, -0.15) is 0 Å². The number of nitro benzene ring substituents is 1. The number of methoxy groups -OCH3 is 1. The minimum Gasteiger partial charge on any atom is -0.380 e. The lowest BCUT2D eigenvalue weighted by atomic mass is 10.2. The van der Waals surface area contributed by atoms with E-state index in [0.717, 1.165) is 18.2 Å². The number of ether oxygens (including phenoxy) is 1. The summed E-state index contributed by atoms with van der Waals surface area (Å²) in [6, 6.07) is 3.29. The Hall–Kier alpha value is -1.69. The van der Waals surface area contributed by atoms with Gasteiger partial charge in [0.2, 0.25) is 0 Å². The van der Waals surface area contributed by atoms with Crippen LogP contribution in [0.5, 0.6) is 0 Å². The van der Waals surface area contributed by atoms with Crippen LogP contribution in [0.1, 0.15) is 6.92 Å². The second-order valence-electron chi connectivity index (χ2n) is 3.35. The lowest BCUT2D eigenvalue weighted by molar-refractivity contribution is -0.384. The van der Waals surface area contributed by atoms with Gasteiger partial charge >= 0.3 is 0 Å². The summed E-state index contributed by atoms with van der Waals surface area (Å²) in [5.41, 5.74) is 0.0126. The summed E-state index contributed by atoms with van der Waals surface area (Å²) in [5.74, 6) is -0.516. The van der Waals surface area contributed by atoms with E-state index in [9.17, 15) is 14.5 Å². The molecule has 0 spiro atoms. The zero-order valence-corrected chi connectivity index (χ0v) is 9.07. The molecular weight excluding hydrogens is 215 g/mol. The molecule has 0 aliphatic carbocycles. The molecule has 0 aliphatic heterocycles. The molecule has 0 amide bonds. The van der Waals surface area contributed by atoms with Crippen molar-refractivity contribution in [3.63, 3.8) is 0 Å². The maximum atomic E-state index is 12.9. The predicted molar refractivity (Wildman–Crippen MR) is 58.0 cm³/mol. The first-order valence-electron chi connectivity index (χ1n) is 4.75. The average molecular weight is 228 g/mol. The van der Waals surface area contributed by atoms with E-state index in [-0.39, 0.29) is 17.5 Å². The van der Waals surface area contributed by atoms with Crippen LogP contribution in [0.2, 0.25) is 0 Å². The normalized spacial score (nSPS) is 12.2. The first-order valence-corrected chi connectivity index (χ1v) is 4.75. The van der Waals surface area contributed by atoms with E-state index in [1.165, 1.54) is 7.11 Å². The van der Waals surface area contributed by atoms with E-state index in [2.05, 4.69) is 5.32 Å². The highest BCUT2D eigenvalue weighted by atomic mass is 19.1. The molecule has 1 aromatic rings. The van der Waals surface area contributed by atoms with E-state index in [1.807, 2.05) is 0 Å². The van der Waals surface area contributed by atoms with Crippen LogP contribution in [0.3, 0.4) is 0 Å². The first kappa shape index (κ1) is 12.4. The van der Waals surface area contributed by atoms with Gasteiger partial charge in [-0.25, -0.2) is 4.39 Å². The molecule has 0 saturated heterocycles. The number of anilines is 1. The quantitative estimate of drug-likeness (QED) is 0.619. The van der Waals surface area contributed by atoms with E-state index in [0.29, 0.717) is 6.54 Å². The maximum Gasteiger partial charge on any atom is 0.292 e. The zero-order chi connectivity index (χ0) is 12.1. The second kappa shape index (κ2) is 5.41. The third-order valence-corrected chi connectivity index (χ3v) is 2.14. The largest absolute Gasteiger partial charge is 0.380 e. The number of benzene rings is 1. The molecule has 1 N–H and O–H groups in total. The lowest BCUT2D eigenvalue weighted by Gasteiger charge is -2.11. The van der Waals surface area contributed by atoms with E-state index >= 15 is 0 Å². The maximum absolute atomic E-state index is 12.9. The molecule has 0 heterocycles. The van der Waals surface area contributed by atoms with Crippen molar-refractivity contribution in [2.75, 3.05) is 19.0 Å².